The van der Waals surface area contributed by atoms with Gasteiger partial charge in [0.15, 0.2) is 0 Å². The van der Waals surface area contributed by atoms with Crippen LogP contribution in [0.3, 0.4) is 0 Å². The van der Waals surface area contributed by atoms with Crippen molar-refractivity contribution in [3.05, 3.63) is 57.5 Å². The standard InChI is InChI=1S/C13H11F4NS/c14-10-4-3-9(12(6-10)13(15,16)17)7-18-8-11-2-1-5-19-11/h1-6,18H,7-8H2. The van der Waals surface area contributed by atoms with E-state index in [0.29, 0.717) is 12.6 Å². The van der Waals surface area contributed by atoms with Gasteiger partial charge in [0.05, 0.1) is 5.56 Å². The Kier molecular flexibility index (Phi) is 4.21. The highest BCUT2D eigenvalue weighted by Crippen LogP contribution is 2.32. The molecule has 1 heterocycles. The van der Waals surface area contributed by atoms with Gasteiger partial charge < -0.3 is 5.32 Å². The van der Waals surface area contributed by atoms with Crippen LogP contribution < -0.4 is 5.32 Å². The molecule has 0 saturated carbocycles. The Hall–Kier alpha value is -1.40. The van der Waals surface area contributed by atoms with E-state index in [1.807, 2.05) is 17.5 Å². The van der Waals surface area contributed by atoms with E-state index >= 15 is 0 Å². The summed E-state index contributed by atoms with van der Waals surface area (Å²) in [6.45, 7) is 0.541. The molecule has 0 aliphatic heterocycles. The van der Waals surface area contributed by atoms with Crippen molar-refractivity contribution in [1.29, 1.82) is 0 Å². The quantitative estimate of drug-likeness (QED) is 0.832. The number of thiophene rings is 1. The van der Waals surface area contributed by atoms with Crippen molar-refractivity contribution >= 4 is 11.3 Å². The summed E-state index contributed by atoms with van der Waals surface area (Å²) in [6, 6.07) is 6.51. The second-order valence-corrected chi connectivity index (χ2v) is 5.01. The molecule has 19 heavy (non-hydrogen) atoms. The average molecular weight is 289 g/mol. The summed E-state index contributed by atoms with van der Waals surface area (Å²) in [6.07, 6.45) is -4.54. The summed E-state index contributed by atoms with van der Waals surface area (Å²) >= 11 is 1.53. The van der Waals surface area contributed by atoms with E-state index in [2.05, 4.69) is 5.32 Å². The molecule has 0 radical (unpaired) electrons. The summed E-state index contributed by atoms with van der Waals surface area (Å²) in [5, 5.41) is 4.82. The van der Waals surface area contributed by atoms with Crippen molar-refractivity contribution in [2.45, 2.75) is 19.3 Å². The molecule has 2 aromatic rings. The first-order chi connectivity index (χ1) is 8.97. The third kappa shape index (κ3) is 3.78. The monoisotopic (exact) mass is 289 g/mol. The predicted octanol–water partition coefficient (Wildman–Crippen LogP) is 4.20. The predicted molar refractivity (Wildman–Crippen MR) is 66.3 cm³/mol. The molecule has 0 bridgehead atoms. The van der Waals surface area contributed by atoms with E-state index < -0.39 is 17.6 Å². The van der Waals surface area contributed by atoms with Crippen molar-refractivity contribution in [2.75, 3.05) is 0 Å². The second kappa shape index (κ2) is 5.71. The van der Waals surface area contributed by atoms with Gasteiger partial charge in [0.2, 0.25) is 0 Å². The molecule has 6 heteroatoms. The molecular weight excluding hydrogens is 278 g/mol. The number of hydrogen-bond acceptors (Lipinski definition) is 2. The maximum absolute atomic E-state index is 12.9. The minimum Gasteiger partial charge on any atom is -0.308 e. The molecule has 0 atom stereocenters. The summed E-state index contributed by atoms with van der Waals surface area (Å²) in [4.78, 5) is 1.04. The van der Waals surface area contributed by atoms with Crippen molar-refractivity contribution in [3.63, 3.8) is 0 Å². The van der Waals surface area contributed by atoms with Gasteiger partial charge in [0, 0.05) is 18.0 Å². The number of hydrogen-bond donors (Lipinski definition) is 1. The zero-order valence-electron chi connectivity index (χ0n) is 9.80. The Morgan fingerprint density at radius 3 is 2.53 bits per heavy atom. The van der Waals surface area contributed by atoms with Crippen LogP contribution in [0.15, 0.2) is 35.7 Å². The van der Waals surface area contributed by atoms with Crippen LogP contribution in [0.5, 0.6) is 0 Å². The fourth-order valence-corrected chi connectivity index (χ4v) is 2.37. The molecule has 1 aromatic carbocycles. The minimum absolute atomic E-state index is 0.0467. The summed E-state index contributed by atoms with van der Waals surface area (Å²) in [7, 11) is 0. The number of alkyl halides is 3. The highest BCUT2D eigenvalue weighted by molar-refractivity contribution is 7.09. The van der Waals surface area contributed by atoms with Gasteiger partial charge in [-0.2, -0.15) is 13.2 Å². The summed E-state index contributed by atoms with van der Waals surface area (Å²) in [5.74, 6) is -0.880. The number of benzene rings is 1. The third-order valence-electron chi connectivity index (χ3n) is 2.57. The van der Waals surface area contributed by atoms with Crippen LogP contribution >= 0.6 is 11.3 Å². The zero-order chi connectivity index (χ0) is 13.9. The van der Waals surface area contributed by atoms with Crippen molar-refractivity contribution in [2.24, 2.45) is 0 Å². The number of halogens is 4. The average Bonchev–Trinajstić information content (AvgIpc) is 2.83. The van der Waals surface area contributed by atoms with Gasteiger partial charge in [-0.3, -0.25) is 0 Å². The third-order valence-corrected chi connectivity index (χ3v) is 3.45. The lowest BCUT2D eigenvalue weighted by molar-refractivity contribution is -0.138. The van der Waals surface area contributed by atoms with Crippen LogP contribution in [0.1, 0.15) is 16.0 Å². The van der Waals surface area contributed by atoms with Crippen molar-refractivity contribution < 1.29 is 17.6 Å². The molecule has 0 aliphatic carbocycles. The fourth-order valence-electron chi connectivity index (χ4n) is 1.70. The molecule has 0 fully saturated rings. The molecule has 0 amide bonds. The topological polar surface area (TPSA) is 12.0 Å². The molecule has 1 N–H and O–H groups in total. The minimum atomic E-state index is -4.54. The van der Waals surface area contributed by atoms with Crippen LogP contribution in [0.25, 0.3) is 0 Å². The first-order valence-electron chi connectivity index (χ1n) is 5.55. The van der Waals surface area contributed by atoms with Gasteiger partial charge in [-0.25, -0.2) is 4.39 Å². The van der Waals surface area contributed by atoms with Crippen molar-refractivity contribution in [3.8, 4) is 0 Å². The van der Waals surface area contributed by atoms with E-state index in [1.165, 1.54) is 17.4 Å². The van der Waals surface area contributed by atoms with Crippen LogP contribution in [0.4, 0.5) is 17.6 Å². The smallest absolute Gasteiger partial charge is 0.308 e. The molecule has 2 rings (SSSR count). The molecule has 0 spiro atoms. The van der Waals surface area contributed by atoms with E-state index in [0.717, 1.165) is 10.9 Å². The van der Waals surface area contributed by atoms with Crippen LogP contribution in [0, 0.1) is 5.82 Å². The normalized spacial score (nSPS) is 11.8. The van der Waals surface area contributed by atoms with Gasteiger partial charge >= 0.3 is 6.18 Å². The maximum atomic E-state index is 12.9. The Balaban J connectivity index is 2.07. The molecule has 1 nitrogen and oxygen atoms in total. The number of rotatable bonds is 4. The molecule has 1 aromatic heterocycles. The molecular formula is C13H11F4NS. The Morgan fingerprint density at radius 2 is 1.89 bits per heavy atom. The van der Waals surface area contributed by atoms with E-state index in [9.17, 15) is 17.6 Å². The summed E-state index contributed by atoms with van der Waals surface area (Å²) < 4.78 is 51.1. The first kappa shape index (κ1) is 14.0. The Labute approximate surface area is 111 Å². The van der Waals surface area contributed by atoms with E-state index in [1.54, 1.807) is 0 Å². The SMILES string of the molecule is Fc1ccc(CNCc2cccs2)c(C(F)(F)F)c1. The first-order valence-corrected chi connectivity index (χ1v) is 6.43. The van der Waals surface area contributed by atoms with Crippen LogP contribution in [-0.4, -0.2) is 0 Å². The van der Waals surface area contributed by atoms with Gasteiger partial charge in [0.1, 0.15) is 5.82 Å². The molecule has 0 unspecified atom stereocenters. The largest absolute Gasteiger partial charge is 0.416 e. The van der Waals surface area contributed by atoms with Gasteiger partial charge in [-0.1, -0.05) is 12.1 Å². The molecule has 0 saturated heterocycles. The lowest BCUT2D eigenvalue weighted by Gasteiger charge is -2.13. The van der Waals surface area contributed by atoms with E-state index in [4.69, 9.17) is 0 Å². The zero-order valence-corrected chi connectivity index (χ0v) is 10.6. The van der Waals surface area contributed by atoms with Crippen LogP contribution in [0.2, 0.25) is 0 Å². The lowest BCUT2D eigenvalue weighted by atomic mass is 10.1. The Bertz CT molecular complexity index is 534. The highest BCUT2D eigenvalue weighted by Gasteiger charge is 2.33. The fraction of sp³-hybridized carbons (Fsp3) is 0.231. The molecule has 102 valence electrons. The maximum Gasteiger partial charge on any atom is 0.416 e. The van der Waals surface area contributed by atoms with Gasteiger partial charge in [-0.15, -0.1) is 11.3 Å². The van der Waals surface area contributed by atoms with Gasteiger partial charge in [0.25, 0.3) is 0 Å². The molecule has 0 aliphatic rings. The Morgan fingerprint density at radius 1 is 1.11 bits per heavy atom. The van der Waals surface area contributed by atoms with Crippen molar-refractivity contribution in [1.82, 2.24) is 5.32 Å². The summed E-state index contributed by atoms with van der Waals surface area (Å²) in [5.41, 5.74) is -0.878. The van der Waals surface area contributed by atoms with E-state index in [-0.39, 0.29) is 12.1 Å². The van der Waals surface area contributed by atoms with Crippen LogP contribution in [-0.2, 0) is 19.3 Å². The number of nitrogens with one attached hydrogen (secondary N) is 1. The highest BCUT2D eigenvalue weighted by atomic mass is 32.1. The lowest BCUT2D eigenvalue weighted by Crippen LogP contribution is -2.17. The van der Waals surface area contributed by atoms with Gasteiger partial charge in [-0.05, 0) is 29.1 Å². The second-order valence-electron chi connectivity index (χ2n) is 3.98.